The zero-order valence-corrected chi connectivity index (χ0v) is 12.4. The number of ether oxygens (including phenoxy) is 2. The van der Waals surface area contributed by atoms with Crippen LogP contribution in [0.2, 0.25) is 0 Å². The fourth-order valence-electron chi connectivity index (χ4n) is 1.86. The SMILES string of the molecule is CCOC(=O)c1ccc(OCc2ncnn2C(C)C)cc1. The molecule has 1 aromatic carbocycles. The number of aromatic nitrogens is 3. The van der Waals surface area contributed by atoms with Crippen molar-refractivity contribution in [2.75, 3.05) is 6.61 Å². The van der Waals surface area contributed by atoms with Gasteiger partial charge in [0.25, 0.3) is 0 Å². The number of nitrogens with zero attached hydrogens (tertiary/aromatic N) is 3. The van der Waals surface area contributed by atoms with E-state index in [2.05, 4.69) is 10.1 Å². The Morgan fingerprint density at radius 1 is 1.29 bits per heavy atom. The number of rotatable bonds is 6. The normalized spacial score (nSPS) is 10.7. The number of esters is 1. The standard InChI is InChI=1S/C15H19N3O3/c1-4-20-15(19)12-5-7-13(8-6-12)21-9-14-16-10-17-18(14)11(2)3/h5-8,10-11H,4,9H2,1-3H3. The summed E-state index contributed by atoms with van der Waals surface area (Å²) in [6.07, 6.45) is 1.52. The maximum atomic E-state index is 11.5. The van der Waals surface area contributed by atoms with E-state index in [1.54, 1.807) is 31.2 Å². The first-order chi connectivity index (χ1) is 10.1. The maximum absolute atomic E-state index is 11.5. The number of hydrogen-bond acceptors (Lipinski definition) is 5. The highest BCUT2D eigenvalue weighted by molar-refractivity contribution is 5.89. The van der Waals surface area contributed by atoms with Crippen LogP contribution >= 0.6 is 0 Å². The van der Waals surface area contributed by atoms with E-state index in [0.29, 0.717) is 24.5 Å². The van der Waals surface area contributed by atoms with Crippen LogP contribution in [0.15, 0.2) is 30.6 Å². The Balaban J connectivity index is 1.97. The fourth-order valence-corrected chi connectivity index (χ4v) is 1.86. The van der Waals surface area contributed by atoms with E-state index in [-0.39, 0.29) is 12.0 Å². The molecule has 0 saturated carbocycles. The number of carbonyl (C=O) groups excluding carboxylic acids is 1. The Labute approximate surface area is 123 Å². The summed E-state index contributed by atoms with van der Waals surface area (Å²) in [7, 11) is 0. The van der Waals surface area contributed by atoms with E-state index in [9.17, 15) is 4.79 Å². The van der Waals surface area contributed by atoms with Crippen LogP contribution in [0.5, 0.6) is 5.75 Å². The van der Waals surface area contributed by atoms with Gasteiger partial charge in [0.15, 0.2) is 5.82 Å². The first-order valence-corrected chi connectivity index (χ1v) is 6.90. The van der Waals surface area contributed by atoms with Crippen LogP contribution in [-0.2, 0) is 11.3 Å². The van der Waals surface area contributed by atoms with Crippen molar-refractivity contribution in [1.82, 2.24) is 14.8 Å². The molecule has 0 bridgehead atoms. The first-order valence-electron chi connectivity index (χ1n) is 6.90. The number of carbonyl (C=O) groups is 1. The molecule has 21 heavy (non-hydrogen) atoms. The van der Waals surface area contributed by atoms with Crippen molar-refractivity contribution in [2.45, 2.75) is 33.4 Å². The van der Waals surface area contributed by atoms with Crippen LogP contribution in [0.1, 0.15) is 43.0 Å². The van der Waals surface area contributed by atoms with Crippen molar-refractivity contribution in [3.8, 4) is 5.75 Å². The van der Waals surface area contributed by atoms with E-state index in [4.69, 9.17) is 9.47 Å². The van der Waals surface area contributed by atoms with E-state index in [0.717, 1.165) is 5.82 Å². The van der Waals surface area contributed by atoms with Crippen LogP contribution in [-0.4, -0.2) is 27.3 Å². The van der Waals surface area contributed by atoms with Crippen LogP contribution in [0.4, 0.5) is 0 Å². The second-order valence-corrected chi connectivity index (χ2v) is 4.75. The summed E-state index contributed by atoms with van der Waals surface area (Å²) in [5.74, 6) is 1.10. The predicted octanol–water partition coefficient (Wildman–Crippen LogP) is 2.61. The summed E-state index contributed by atoms with van der Waals surface area (Å²) >= 11 is 0. The molecule has 0 aliphatic heterocycles. The number of hydrogen-bond donors (Lipinski definition) is 0. The lowest BCUT2D eigenvalue weighted by Crippen LogP contribution is -2.10. The molecule has 2 rings (SSSR count). The zero-order chi connectivity index (χ0) is 15.2. The quantitative estimate of drug-likeness (QED) is 0.765. The molecule has 0 atom stereocenters. The first kappa shape index (κ1) is 15.0. The Morgan fingerprint density at radius 3 is 2.62 bits per heavy atom. The second kappa shape index (κ2) is 6.88. The van der Waals surface area contributed by atoms with Crippen molar-refractivity contribution in [3.63, 3.8) is 0 Å². The molecule has 0 aliphatic rings. The van der Waals surface area contributed by atoms with Crippen molar-refractivity contribution in [2.24, 2.45) is 0 Å². The van der Waals surface area contributed by atoms with E-state index in [1.807, 2.05) is 18.5 Å². The topological polar surface area (TPSA) is 66.2 Å². The van der Waals surface area contributed by atoms with Gasteiger partial charge in [0.1, 0.15) is 18.7 Å². The van der Waals surface area contributed by atoms with Gasteiger partial charge in [-0.15, -0.1) is 0 Å². The summed E-state index contributed by atoms with van der Waals surface area (Å²) in [4.78, 5) is 15.7. The highest BCUT2D eigenvalue weighted by atomic mass is 16.5. The summed E-state index contributed by atoms with van der Waals surface area (Å²) in [6.45, 7) is 6.54. The molecular formula is C15H19N3O3. The van der Waals surface area contributed by atoms with E-state index in [1.165, 1.54) is 6.33 Å². The van der Waals surface area contributed by atoms with Gasteiger partial charge in [0, 0.05) is 6.04 Å². The molecule has 0 saturated heterocycles. The molecule has 0 spiro atoms. The minimum absolute atomic E-state index is 0.234. The molecule has 0 amide bonds. The summed E-state index contributed by atoms with van der Waals surface area (Å²) in [5, 5.41) is 4.15. The monoisotopic (exact) mass is 289 g/mol. The molecular weight excluding hydrogens is 270 g/mol. The average molecular weight is 289 g/mol. The summed E-state index contributed by atoms with van der Waals surface area (Å²) in [6, 6.07) is 7.07. The molecule has 112 valence electrons. The third-order valence-corrected chi connectivity index (χ3v) is 2.87. The van der Waals surface area contributed by atoms with Gasteiger partial charge in [-0.1, -0.05) is 0 Å². The molecule has 6 heteroatoms. The van der Waals surface area contributed by atoms with Crippen molar-refractivity contribution < 1.29 is 14.3 Å². The highest BCUT2D eigenvalue weighted by Gasteiger charge is 2.09. The van der Waals surface area contributed by atoms with Crippen molar-refractivity contribution >= 4 is 5.97 Å². The van der Waals surface area contributed by atoms with Crippen molar-refractivity contribution in [1.29, 1.82) is 0 Å². The third-order valence-electron chi connectivity index (χ3n) is 2.87. The molecule has 6 nitrogen and oxygen atoms in total. The van der Waals surface area contributed by atoms with Crippen LogP contribution < -0.4 is 4.74 Å². The molecule has 1 aromatic heterocycles. The van der Waals surface area contributed by atoms with Crippen molar-refractivity contribution in [3.05, 3.63) is 42.0 Å². The lowest BCUT2D eigenvalue weighted by Gasteiger charge is -2.10. The van der Waals surface area contributed by atoms with E-state index < -0.39 is 0 Å². The molecule has 0 N–H and O–H groups in total. The molecule has 0 radical (unpaired) electrons. The van der Waals surface area contributed by atoms with Gasteiger partial charge in [-0.25, -0.2) is 14.5 Å². The Hall–Kier alpha value is -2.37. The minimum Gasteiger partial charge on any atom is -0.486 e. The van der Waals surface area contributed by atoms with E-state index >= 15 is 0 Å². The second-order valence-electron chi connectivity index (χ2n) is 4.75. The summed E-state index contributed by atoms with van der Waals surface area (Å²) in [5.41, 5.74) is 0.509. The Kier molecular flexibility index (Phi) is 4.92. The summed E-state index contributed by atoms with van der Waals surface area (Å²) < 4.78 is 12.4. The minimum atomic E-state index is -0.330. The van der Waals surface area contributed by atoms with Gasteiger partial charge < -0.3 is 9.47 Å². The van der Waals surface area contributed by atoms with Gasteiger partial charge >= 0.3 is 5.97 Å². The van der Waals surface area contributed by atoms with Gasteiger partial charge in [-0.3, -0.25) is 0 Å². The lowest BCUT2D eigenvalue weighted by atomic mass is 10.2. The van der Waals surface area contributed by atoms with Crippen LogP contribution in [0.25, 0.3) is 0 Å². The van der Waals surface area contributed by atoms with Gasteiger partial charge in [-0.05, 0) is 45.0 Å². The number of benzene rings is 1. The molecule has 0 unspecified atom stereocenters. The smallest absolute Gasteiger partial charge is 0.338 e. The third kappa shape index (κ3) is 3.81. The lowest BCUT2D eigenvalue weighted by molar-refractivity contribution is 0.0526. The van der Waals surface area contributed by atoms with Gasteiger partial charge in [-0.2, -0.15) is 5.10 Å². The molecule has 0 aliphatic carbocycles. The molecule has 2 aromatic rings. The highest BCUT2D eigenvalue weighted by Crippen LogP contribution is 2.15. The largest absolute Gasteiger partial charge is 0.486 e. The zero-order valence-electron chi connectivity index (χ0n) is 12.4. The molecule has 0 fully saturated rings. The fraction of sp³-hybridized carbons (Fsp3) is 0.400. The maximum Gasteiger partial charge on any atom is 0.338 e. The average Bonchev–Trinajstić information content (AvgIpc) is 2.94. The van der Waals surface area contributed by atoms with Crippen LogP contribution in [0.3, 0.4) is 0 Å². The van der Waals surface area contributed by atoms with Gasteiger partial charge in [0.05, 0.1) is 12.2 Å². The molecule has 1 heterocycles. The van der Waals surface area contributed by atoms with Gasteiger partial charge in [0.2, 0.25) is 0 Å². The Bertz CT molecular complexity index is 590. The predicted molar refractivity (Wildman–Crippen MR) is 77.1 cm³/mol. The van der Waals surface area contributed by atoms with Crippen LogP contribution in [0, 0.1) is 0 Å². The Morgan fingerprint density at radius 2 is 2.00 bits per heavy atom.